The van der Waals surface area contributed by atoms with Gasteiger partial charge in [0.25, 0.3) is 0 Å². The fourth-order valence-electron chi connectivity index (χ4n) is 1.69. The second-order valence-electron chi connectivity index (χ2n) is 4.31. The summed E-state index contributed by atoms with van der Waals surface area (Å²) in [7, 11) is 0. The second kappa shape index (κ2) is 7.20. The van der Waals surface area contributed by atoms with Crippen LogP contribution >= 0.6 is 0 Å². The maximum absolute atomic E-state index is 11.5. The van der Waals surface area contributed by atoms with Gasteiger partial charge in [-0.2, -0.15) is 0 Å². The normalized spacial score (nSPS) is 11.7. The van der Waals surface area contributed by atoms with E-state index in [4.69, 9.17) is 0 Å². The lowest BCUT2D eigenvalue weighted by Gasteiger charge is -2.11. The Morgan fingerprint density at radius 3 is 2.62 bits per heavy atom. The van der Waals surface area contributed by atoms with Crippen molar-refractivity contribution in [2.24, 2.45) is 0 Å². The topological polar surface area (TPSA) is 104 Å². The third-order valence-corrected chi connectivity index (χ3v) is 2.77. The lowest BCUT2D eigenvalue weighted by molar-refractivity contribution is -0.136. The standard InChI is InChI=1S/C14H15N3O4/c18-11(10-4-2-1-3-5-10)6-8-15-13(19)14(20)16-12-7-9-21-17-12/h1-5,7,9,11,18H,6,8H2,(H,15,19)(H,16,17,20). The van der Waals surface area contributed by atoms with Crippen LogP contribution in [0, 0.1) is 0 Å². The Morgan fingerprint density at radius 2 is 1.95 bits per heavy atom. The Balaban J connectivity index is 1.73. The number of benzene rings is 1. The molecule has 0 aliphatic rings. The molecule has 1 heterocycles. The molecule has 21 heavy (non-hydrogen) atoms. The quantitative estimate of drug-likeness (QED) is 0.708. The summed E-state index contributed by atoms with van der Waals surface area (Å²) in [5.74, 6) is -1.46. The van der Waals surface area contributed by atoms with Gasteiger partial charge in [0.05, 0.1) is 6.10 Å². The molecule has 0 radical (unpaired) electrons. The second-order valence-corrected chi connectivity index (χ2v) is 4.31. The van der Waals surface area contributed by atoms with E-state index in [1.165, 1.54) is 12.3 Å². The number of aliphatic hydroxyl groups excluding tert-OH is 1. The van der Waals surface area contributed by atoms with Crippen molar-refractivity contribution in [2.75, 3.05) is 11.9 Å². The van der Waals surface area contributed by atoms with Gasteiger partial charge in [-0.1, -0.05) is 35.5 Å². The van der Waals surface area contributed by atoms with E-state index >= 15 is 0 Å². The molecule has 0 bridgehead atoms. The number of nitrogens with zero attached hydrogens (tertiary/aromatic N) is 1. The Labute approximate surface area is 120 Å². The zero-order valence-corrected chi connectivity index (χ0v) is 11.2. The van der Waals surface area contributed by atoms with Crippen molar-refractivity contribution in [2.45, 2.75) is 12.5 Å². The molecule has 1 atom stereocenters. The van der Waals surface area contributed by atoms with E-state index in [9.17, 15) is 14.7 Å². The van der Waals surface area contributed by atoms with Crippen molar-refractivity contribution in [3.63, 3.8) is 0 Å². The number of nitrogens with one attached hydrogen (secondary N) is 2. The lowest BCUT2D eigenvalue weighted by atomic mass is 10.1. The molecule has 1 unspecified atom stereocenters. The predicted molar refractivity (Wildman–Crippen MR) is 74.2 cm³/mol. The van der Waals surface area contributed by atoms with Gasteiger partial charge in [-0.3, -0.25) is 14.9 Å². The number of amides is 2. The maximum Gasteiger partial charge on any atom is 0.314 e. The molecule has 1 aromatic carbocycles. The van der Waals surface area contributed by atoms with Gasteiger partial charge in [0.2, 0.25) is 0 Å². The van der Waals surface area contributed by atoms with Crippen molar-refractivity contribution in [3.8, 4) is 0 Å². The van der Waals surface area contributed by atoms with Crippen molar-refractivity contribution < 1.29 is 19.2 Å². The van der Waals surface area contributed by atoms with Crippen LogP contribution in [0.2, 0.25) is 0 Å². The zero-order valence-electron chi connectivity index (χ0n) is 11.2. The summed E-state index contributed by atoms with van der Waals surface area (Å²) in [6.07, 6.45) is 0.904. The molecule has 110 valence electrons. The highest BCUT2D eigenvalue weighted by Crippen LogP contribution is 2.14. The van der Waals surface area contributed by atoms with Crippen LogP contribution in [0.25, 0.3) is 0 Å². The SMILES string of the molecule is O=C(NCCC(O)c1ccccc1)C(=O)Nc1ccon1. The Kier molecular flexibility index (Phi) is 5.05. The van der Waals surface area contributed by atoms with Gasteiger partial charge in [-0.05, 0) is 12.0 Å². The zero-order chi connectivity index (χ0) is 15.1. The first-order valence-corrected chi connectivity index (χ1v) is 6.39. The van der Waals surface area contributed by atoms with E-state index in [0.29, 0.717) is 6.42 Å². The molecule has 0 spiro atoms. The number of carbonyl (C=O) groups is 2. The van der Waals surface area contributed by atoms with Gasteiger partial charge in [0.15, 0.2) is 5.82 Å². The van der Waals surface area contributed by atoms with E-state index in [-0.39, 0.29) is 12.4 Å². The van der Waals surface area contributed by atoms with E-state index in [0.717, 1.165) is 5.56 Å². The Morgan fingerprint density at radius 1 is 1.19 bits per heavy atom. The molecule has 2 rings (SSSR count). The smallest absolute Gasteiger partial charge is 0.314 e. The van der Waals surface area contributed by atoms with E-state index < -0.39 is 17.9 Å². The van der Waals surface area contributed by atoms with Crippen LogP contribution in [-0.4, -0.2) is 28.6 Å². The number of anilines is 1. The van der Waals surface area contributed by atoms with E-state index in [2.05, 4.69) is 20.3 Å². The molecule has 0 saturated carbocycles. The van der Waals surface area contributed by atoms with Crippen LogP contribution in [0.15, 0.2) is 47.2 Å². The first-order valence-electron chi connectivity index (χ1n) is 6.39. The van der Waals surface area contributed by atoms with Gasteiger partial charge in [-0.15, -0.1) is 0 Å². The molecular weight excluding hydrogens is 274 g/mol. The Hall–Kier alpha value is -2.67. The first kappa shape index (κ1) is 14.7. The van der Waals surface area contributed by atoms with Gasteiger partial charge < -0.3 is 14.9 Å². The molecule has 2 amide bonds. The van der Waals surface area contributed by atoms with Crippen molar-refractivity contribution >= 4 is 17.6 Å². The number of rotatable bonds is 5. The summed E-state index contributed by atoms with van der Waals surface area (Å²) in [5.41, 5.74) is 0.763. The number of hydrogen-bond acceptors (Lipinski definition) is 5. The predicted octanol–water partition coefficient (Wildman–Crippen LogP) is 0.853. The van der Waals surface area contributed by atoms with E-state index in [1.54, 1.807) is 12.1 Å². The summed E-state index contributed by atoms with van der Waals surface area (Å²) >= 11 is 0. The van der Waals surface area contributed by atoms with Crippen LogP contribution in [0.3, 0.4) is 0 Å². The monoisotopic (exact) mass is 289 g/mol. The summed E-state index contributed by atoms with van der Waals surface area (Å²) in [4.78, 5) is 23.0. The Bertz CT molecular complexity index is 584. The molecule has 7 nitrogen and oxygen atoms in total. The summed E-state index contributed by atoms with van der Waals surface area (Å²) in [6, 6.07) is 10.5. The molecule has 1 aromatic heterocycles. The highest BCUT2D eigenvalue weighted by atomic mass is 16.5. The fraction of sp³-hybridized carbons (Fsp3) is 0.214. The molecule has 0 aliphatic heterocycles. The summed E-state index contributed by atoms with van der Waals surface area (Å²) in [6.45, 7) is 0.182. The maximum atomic E-state index is 11.5. The van der Waals surface area contributed by atoms with Crippen molar-refractivity contribution in [3.05, 3.63) is 48.2 Å². The summed E-state index contributed by atoms with van der Waals surface area (Å²) < 4.78 is 4.53. The minimum atomic E-state index is -0.835. The number of aliphatic hydroxyl groups is 1. The third kappa shape index (κ3) is 4.43. The minimum absolute atomic E-state index is 0.166. The highest BCUT2D eigenvalue weighted by molar-refractivity contribution is 6.39. The van der Waals surface area contributed by atoms with E-state index in [1.807, 2.05) is 18.2 Å². The van der Waals surface area contributed by atoms with Gasteiger partial charge >= 0.3 is 11.8 Å². The first-order chi connectivity index (χ1) is 10.2. The molecule has 0 aliphatic carbocycles. The van der Waals surface area contributed by atoms with Crippen LogP contribution in [-0.2, 0) is 9.59 Å². The van der Waals surface area contributed by atoms with Gasteiger partial charge in [0.1, 0.15) is 6.26 Å². The van der Waals surface area contributed by atoms with Gasteiger partial charge in [-0.25, -0.2) is 0 Å². The lowest BCUT2D eigenvalue weighted by Crippen LogP contribution is -2.36. The van der Waals surface area contributed by atoms with Crippen LogP contribution in [0.4, 0.5) is 5.82 Å². The van der Waals surface area contributed by atoms with Crippen LogP contribution in [0.1, 0.15) is 18.1 Å². The average molecular weight is 289 g/mol. The van der Waals surface area contributed by atoms with Gasteiger partial charge in [0, 0.05) is 12.6 Å². The van der Waals surface area contributed by atoms with Crippen LogP contribution < -0.4 is 10.6 Å². The molecule has 0 saturated heterocycles. The van der Waals surface area contributed by atoms with Crippen LogP contribution in [0.5, 0.6) is 0 Å². The molecule has 2 aromatic rings. The number of carbonyl (C=O) groups excluding carboxylic acids is 2. The van der Waals surface area contributed by atoms with Crippen molar-refractivity contribution in [1.82, 2.24) is 10.5 Å². The molecular formula is C14H15N3O4. The minimum Gasteiger partial charge on any atom is -0.388 e. The third-order valence-electron chi connectivity index (χ3n) is 2.77. The summed E-state index contributed by atoms with van der Waals surface area (Å²) in [5, 5.41) is 18.1. The molecule has 7 heteroatoms. The fourth-order valence-corrected chi connectivity index (χ4v) is 1.69. The molecule has 3 N–H and O–H groups in total. The molecule has 0 fully saturated rings. The van der Waals surface area contributed by atoms with Crippen molar-refractivity contribution in [1.29, 1.82) is 0 Å². The largest absolute Gasteiger partial charge is 0.388 e. The highest BCUT2D eigenvalue weighted by Gasteiger charge is 2.15. The number of aromatic nitrogens is 1. The average Bonchev–Trinajstić information content (AvgIpc) is 3.00. The number of hydrogen-bond donors (Lipinski definition) is 3.